The summed E-state index contributed by atoms with van der Waals surface area (Å²) in [4.78, 5) is 0. The van der Waals surface area contributed by atoms with Crippen molar-refractivity contribution in [3.8, 4) is 0 Å². The summed E-state index contributed by atoms with van der Waals surface area (Å²) in [6.45, 7) is 3.40. The molecule has 0 radical (unpaired) electrons. The topological polar surface area (TPSA) is 40.5 Å². The Morgan fingerprint density at radius 1 is 0.783 bits per heavy atom. The van der Waals surface area contributed by atoms with Crippen molar-refractivity contribution in [3.05, 3.63) is 70.8 Å². The molecule has 0 atom stereocenters. The molecule has 2 N–H and O–H groups in total. The Labute approximate surface area is 130 Å². The summed E-state index contributed by atoms with van der Waals surface area (Å²) in [6, 6.07) is 3.79. The normalized spacial score (nSPS) is 11.0. The standard InChI is InChI=1S/C16H11BF4O2/c1-2-9-5-12(18)11(13(19)6-9)4-3-10-7-14(20)16(17(22)23)15(21)8-10/h2-8,22-23H,1H2/b4-3+. The Bertz CT molecular complexity index is 742. The molecule has 0 bridgehead atoms. The van der Waals surface area contributed by atoms with Crippen molar-refractivity contribution in [1.29, 1.82) is 0 Å². The molecule has 2 rings (SSSR count). The first-order valence-electron chi connectivity index (χ1n) is 6.48. The quantitative estimate of drug-likeness (QED) is 0.516. The number of rotatable bonds is 4. The van der Waals surface area contributed by atoms with E-state index in [4.69, 9.17) is 10.0 Å². The summed E-state index contributed by atoms with van der Waals surface area (Å²) >= 11 is 0. The van der Waals surface area contributed by atoms with E-state index in [1.807, 2.05) is 0 Å². The van der Waals surface area contributed by atoms with Crippen LogP contribution >= 0.6 is 0 Å². The van der Waals surface area contributed by atoms with E-state index in [0.717, 1.165) is 36.4 Å². The molecule has 0 fully saturated rings. The lowest BCUT2D eigenvalue weighted by molar-refractivity contribution is 0.419. The Balaban J connectivity index is 2.40. The van der Waals surface area contributed by atoms with Gasteiger partial charge in [0, 0.05) is 5.56 Å². The highest BCUT2D eigenvalue weighted by Crippen LogP contribution is 2.19. The van der Waals surface area contributed by atoms with E-state index in [2.05, 4.69) is 6.58 Å². The molecule has 2 nitrogen and oxygen atoms in total. The third kappa shape index (κ3) is 3.69. The third-order valence-electron chi connectivity index (χ3n) is 3.14. The summed E-state index contributed by atoms with van der Waals surface area (Å²) in [5.74, 6) is -4.05. The van der Waals surface area contributed by atoms with Gasteiger partial charge in [-0.1, -0.05) is 18.7 Å². The largest absolute Gasteiger partial charge is 0.494 e. The van der Waals surface area contributed by atoms with Crippen LogP contribution in [-0.2, 0) is 0 Å². The Kier molecular flexibility index (Phi) is 5.03. The predicted molar refractivity (Wildman–Crippen MR) is 81.6 cm³/mol. The van der Waals surface area contributed by atoms with Gasteiger partial charge in [-0.25, -0.2) is 17.6 Å². The minimum atomic E-state index is -2.30. The summed E-state index contributed by atoms with van der Waals surface area (Å²) in [5, 5.41) is 17.7. The van der Waals surface area contributed by atoms with Gasteiger partial charge < -0.3 is 10.0 Å². The molecule has 0 spiro atoms. The number of halogens is 4. The molecule has 7 heteroatoms. The van der Waals surface area contributed by atoms with Crippen LogP contribution in [0.4, 0.5) is 17.6 Å². The van der Waals surface area contributed by atoms with E-state index in [0.29, 0.717) is 0 Å². The van der Waals surface area contributed by atoms with Crippen molar-refractivity contribution in [1.82, 2.24) is 0 Å². The van der Waals surface area contributed by atoms with E-state index in [-0.39, 0.29) is 16.7 Å². The molecule has 0 saturated heterocycles. The minimum absolute atomic E-state index is 0.0315. The molecule has 0 aromatic heterocycles. The van der Waals surface area contributed by atoms with Gasteiger partial charge >= 0.3 is 7.12 Å². The first-order valence-corrected chi connectivity index (χ1v) is 6.48. The van der Waals surface area contributed by atoms with Gasteiger partial charge in [0.1, 0.15) is 23.3 Å². The monoisotopic (exact) mass is 322 g/mol. The molecule has 118 valence electrons. The lowest BCUT2D eigenvalue weighted by Crippen LogP contribution is -2.35. The number of benzene rings is 2. The zero-order valence-corrected chi connectivity index (χ0v) is 11.7. The zero-order chi connectivity index (χ0) is 17.1. The summed E-state index contributed by atoms with van der Waals surface area (Å²) in [6.07, 6.45) is 3.42. The van der Waals surface area contributed by atoms with E-state index in [1.54, 1.807) is 0 Å². The molecular weight excluding hydrogens is 311 g/mol. The maximum Gasteiger partial charge on any atom is 0.494 e. The van der Waals surface area contributed by atoms with Crippen LogP contribution in [0, 0.1) is 23.3 Å². The van der Waals surface area contributed by atoms with Crippen molar-refractivity contribution < 1.29 is 27.6 Å². The van der Waals surface area contributed by atoms with Crippen LogP contribution in [0.1, 0.15) is 16.7 Å². The zero-order valence-electron chi connectivity index (χ0n) is 11.7. The van der Waals surface area contributed by atoms with Crippen LogP contribution in [0.5, 0.6) is 0 Å². The summed E-state index contributed by atoms with van der Waals surface area (Å²) in [7, 11) is -2.30. The molecular formula is C16H11BF4O2. The highest BCUT2D eigenvalue weighted by molar-refractivity contribution is 6.58. The molecule has 0 saturated carbocycles. The molecule has 0 aliphatic carbocycles. The van der Waals surface area contributed by atoms with E-state index >= 15 is 0 Å². The molecule has 2 aromatic rings. The second-order valence-electron chi connectivity index (χ2n) is 4.71. The molecule has 0 amide bonds. The first-order chi connectivity index (χ1) is 10.8. The van der Waals surface area contributed by atoms with Gasteiger partial charge in [0.05, 0.1) is 5.46 Å². The number of hydrogen-bond donors (Lipinski definition) is 2. The lowest BCUT2D eigenvalue weighted by atomic mass is 9.79. The third-order valence-corrected chi connectivity index (χ3v) is 3.14. The van der Waals surface area contributed by atoms with Gasteiger partial charge in [0.2, 0.25) is 0 Å². The minimum Gasteiger partial charge on any atom is -0.423 e. The van der Waals surface area contributed by atoms with E-state index in [1.165, 1.54) is 6.08 Å². The van der Waals surface area contributed by atoms with E-state index in [9.17, 15) is 17.6 Å². The molecule has 2 aromatic carbocycles. The Morgan fingerprint density at radius 3 is 1.70 bits per heavy atom. The van der Waals surface area contributed by atoms with Gasteiger partial charge in [-0.3, -0.25) is 0 Å². The Morgan fingerprint density at radius 2 is 1.26 bits per heavy atom. The highest BCUT2D eigenvalue weighted by Gasteiger charge is 2.22. The van der Waals surface area contributed by atoms with Crippen molar-refractivity contribution in [2.75, 3.05) is 0 Å². The molecule has 0 heterocycles. The van der Waals surface area contributed by atoms with Crippen LogP contribution in [0.3, 0.4) is 0 Å². The fraction of sp³-hybridized carbons (Fsp3) is 0. The van der Waals surface area contributed by atoms with Crippen LogP contribution in [0.2, 0.25) is 0 Å². The van der Waals surface area contributed by atoms with Gasteiger partial charge in [-0.05, 0) is 41.5 Å². The molecule has 0 aliphatic heterocycles. The first kappa shape index (κ1) is 17.0. The number of hydrogen-bond acceptors (Lipinski definition) is 2. The fourth-order valence-corrected chi connectivity index (χ4v) is 2.01. The van der Waals surface area contributed by atoms with Crippen molar-refractivity contribution in [2.45, 2.75) is 0 Å². The lowest BCUT2D eigenvalue weighted by Gasteiger charge is -2.05. The van der Waals surface area contributed by atoms with Gasteiger partial charge in [0.25, 0.3) is 0 Å². The Hall–Kier alpha value is -2.38. The maximum absolute atomic E-state index is 13.8. The predicted octanol–water partition coefficient (Wildman–Crippen LogP) is 2.74. The summed E-state index contributed by atoms with van der Waals surface area (Å²) < 4.78 is 54.7. The fourth-order valence-electron chi connectivity index (χ4n) is 2.01. The van der Waals surface area contributed by atoms with Crippen LogP contribution < -0.4 is 5.46 Å². The van der Waals surface area contributed by atoms with Gasteiger partial charge in [-0.2, -0.15) is 0 Å². The average Bonchev–Trinajstić information content (AvgIpc) is 2.44. The van der Waals surface area contributed by atoms with Crippen molar-refractivity contribution in [3.63, 3.8) is 0 Å². The molecule has 0 unspecified atom stereocenters. The van der Waals surface area contributed by atoms with Crippen LogP contribution in [-0.4, -0.2) is 17.2 Å². The van der Waals surface area contributed by atoms with Crippen LogP contribution in [0.15, 0.2) is 30.8 Å². The molecule has 0 aliphatic rings. The molecule has 23 heavy (non-hydrogen) atoms. The summed E-state index contributed by atoms with van der Waals surface area (Å²) in [5.41, 5.74) is -1.04. The van der Waals surface area contributed by atoms with Gasteiger partial charge in [-0.15, -0.1) is 0 Å². The highest BCUT2D eigenvalue weighted by atomic mass is 19.1. The van der Waals surface area contributed by atoms with Crippen molar-refractivity contribution in [2.24, 2.45) is 0 Å². The maximum atomic E-state index is 13.8. The second kappa shape index (κ2) is 6.81. The SMILES string of the molecule is C=Cc1cc(F)c(/C=C/c2cc(F)c(B(O)O)c(F)c2)c(F)c1. The average molecular weight is 322 g/mol. The second-order valence-corrected chi connectivity index (χ2v) is 4.71. The van der Waals surface area contributed by atoms with Crippen LogP contribution in [0.25, 0.3) is 18.2 Å². The van der Waals surface area contributed by atoms with E-state index < -0.39 is 35.9 Å². The van der Waals surface area contributed by atoms with Crippen molar-refractivity contribution >= 4 is 30.8 Å². The smallest absolute Gasteiger partial charge is 0.423 e. The van der Waals surface area contributed by atoms with Gasteiger partial charge in [0.15, 0.2) is 0 Å².